The summed E-state index contributed by atoms with van der Waals surface area (Å²) >= 11 is 0. The normalized spacial score (nSPS) is 29.1. The monoisotopic (exact) mass is 548 g/mol. The van der Waals surface area contributed by atoms with Gasteiger partial charge in [-0.1, -0.05) is 46.7 Å². The molecule has 1 amide bonds. The van der Waals surface area contributed by atoms with Gasteiger partial charge < -0.3 is 18.9 Å². The zero-order valence-corrected chi connectivity index (χ0v) is 25.4. The Morgan fingerprint density at radius 1 is 1.17 bits per heavy atom. The maximum atomic E-state index is 12.8. The molecule has 0 aromatic heterocycles. The number of nitrogens with one attached hydrogen (secondary N) is 1. The Morgan fingerprint density at radius 2 is 1.71 bits per heavy atom. The number of azide groups is 1. The van der Waals surface area contributed by atoms with Crippen molar-refractivity contribution >= 4 is 32.7 Å². The summed E-state index contributed by atoms with van der Waals surface area (Å²) in [5, 5.41) is 6.87. The van der Waals surface area contributed by atoms with Crippen LogP contribution in [0.1, 0.15) is 48.5 Å². The highest BCUT2D eigenvalue weighted by atomic mass is 32.2. The van der Waals surface area contributed by atoms with Gasteiger partial charge in [-0.15, -0.1) is 0 Å². The highest BCUT2D eigenvalue weighted by molar-refractivity contribution is 7.90. The van der Waals surface area contributed by atoms with Crippen molar-refractivity contribution in [1.29, 1.82) is 0 Å². The Bertz CT molecular complexity index is 1030. The van der Waals surface area contributed by atoms with Crippen LogP contribution in [-0.4, -0.2) is 61.6 Å². The number of ether oxygens (including phenoxy) is 1. The molecule has 0 aliphatic carbocycles. The minimum atomic E-state index is -4.21. The second-order valence-electron chi connectivity index (χ2n) is 12.2. The first-order valence-corrected chi connectivity index (χ1v) is 18.9. The van der Waals surface area contributed by atoms with Crippen molar-refractivity contribution in [3.63, 3.8) is 0 Å². The molecule has 0 bridgehead atoms. The van der Waals surface area contributed by atoms with Crippen molar-refractivity contribution in [3.8, 4) is 0 Å². The molecular weight excluding hydrogens is 508 g/mol. The molecule has 2 aliphatic heterocycles. The van der Waals surface area contributed by atoms with E-state index in [1.165, 1.54) is 6.92 Å². The SMILES string of the molecule is CC(=O)NC1=CS(=O)(=O)O[C@@]12[C@@H](CO[Si](C)(C)C(C)(C)C)O[C@@H](N=[N+]=[N-])[C@@H]2O[Si](C)(C)C(C)(C)C. The zero-order chi connectivity index (χ0) is 27.3. The minimum Gasteiger partial charge on any atom is -0.414 e. The van der Waals surface area contributed by atoms with Gasteiger partial charge in [-0.3, -0.25) is 4.79 Å². The predicted octanol–water partition coefficient (Wildman–Crippen LogP) is 4.51. The van der Waals surface area contributed by atoms with Gasteiger partial charge in [0.1, 0.15) is 12.2 Å². The quantitative estimate of drug-likeness (QED) is 0.162. The standard InChI is InChI=1S/C21H40N4O7SSi2/c1-14(26)23-15-13-33(27,28)32-21(15)16(12-29-34(8,9)19(2,3)4)30-18(24-25-22)17(21)31-35(10,11)20(5,6)7/h13,16-18H,12H2,1-11H3,(H,23,26)/t16-,17+,18-,21-/m1/s1. The lowest BCUT2D eigenvalue weighted by Gasteiger charge is -2.44. The first-order chi connectivity index (χ1) is 15.6. The number of amides is 1. The molecule has 14 heteroatoms. The van der Waals surface area contributed by atoms with Crippen LogP contribution in [0.2, 0.25) is 36.3 Å². The number of nitrogens with zero attached hydrogens (tertiary/aromatic N) is 3. The zero-order valence-electron chi connectivity index (χ0n) is 22.6. The average Bonchev–Trinajstić information content (AvgIpc) is 3.05. The first-order valence-electron chi connectivity index (χ1n) is 11.6. The van der Waals surface area contributed by atoms with E-state index in [2.05, 4.69) is 49.2 Å². The van der Waals surface area contributed by atoms with Crippen molar-refractivity contribution in [1.82, 2.24) is 5.32 Å². The van der Waals surface area contributed by atoms with Crippen LogP contribution in [0.5, 0.6) is 0 Å². The molecule has 2 rings (SSSR count). The molecule has 0 unspecified atom stereocenters. The summed E-state index contributed by atoms with van der Waals surface area (Å²) in [6.45, 7) is 21.6. The molecule has 1 saturated heterocycles. The molecule has 0 radical (unpaired) electrons. The number of carbonyl (C=O) groups excluding carboxylic acids is 1. The summed E-state index contributed by atoms with van der Waals surface area (Å²) in [6, 6.07) is 0. The van der Waals surface area contributed by atoms with Crippen LogP contribution in [-0.2, 0) is 32.7 Å². The number of carbonyl (C=O) groups is 1. The van der Waals surface area contributed by atoms with E-state index in [0.717, 1.165) is 5.41 Å². The van der Waals surface area contributed by atoms with Crippen LogP contribution >= 0.6 is 0 Å². The van der Waals surface area contributed by atoms with E-state index < -0.39 is 56.7 Å². The number of hydrogen-bond acceptors (Lipinski definition) is 8. The molecule has 1 N–H and O–H groups in total. The maximum absolute atomic E-state index is 12.8. The Morgan fingerprint density at radius 3 is 2.17 bits per heavy atom. The minimum absolute atomic E-state index is 0.0202. The van der Waals surface area contributed by atoms with Crippen molar-refractivity contribution in [2.45, 2.75) is 109 Å². The fourth-order valence-corrected chi connectivity index (χ4v) is 6.96. The molecule has 35 heavy (non-hydrogen) atoms. The highest BCUT2D eigenvalue weighted by Crippen LogP contribution is 2.50. The van der Waals surface area contributed by atoms with E-state index in [4.69, 9.17) is 17.8 Å². The van der Waals surface area contributed by atoms with Gasteiger partial charge >= 0.3 is 0 Å². The van der Waals surface area contributed by atoms with Crippen LogP contribution in [0, 0.1) is 0 Å². The molecule has 0 aromatic carbocycles. The fraction of sp³-hybridized carbons (Fsp3) is 0.857. The van der Waals surface area contributed by atoms with E-state index >= 15 is 0 Å². The van der Waals surface area contributed by atoms with Crippen molar-refractivity contribution in [3.05, 3.63) is 21.5 Å². The van der Waals surface area contributed by atoms with Gasteiger partial charge in [0.25, 0.3) is 10.1 Å². The third-order valence-electron chi connectivity index (χ3n) is 7.51. The largest absolute Gasteiger partial charge is 0.414 e. The Balaban J connectivity index is 2.69. The van der Waals surface area contributed by atoms with Crippen molar-refractivity contribution in [2.75, 3.05) is 6.61 Å². The molecular formula is C21H40N4O7SSi2. The topological polar surface area (TPSA) is 149 Å². The Labute approximate surface area is 210 Å². The van der Waals surface area contributed by atoms with Gasteiger partial charge in [0.05, 0.1) is 17.7 Å². The van der Waals surface area contributed by atoms with Crippen LogP contribution in [0.15, 0.2) is 16.2 Å². The van der Waals surface area contributed by atoms with Crippen LogP contribution in [0.4, 0.5) is 0 Å². The van der Waals surface area contributed by atoms with Crippen LogP contribution in [0.3, 0.4) is 0 Å². The molecule has 1 spiro atoms. The summed E-state index contributed by atoms with van der Waals surface area (Å²) in [4.78, 5) is 15.0. The Kier molecular flexibility index (Phi) is 8.19. The first kappa shape index (κ1) is 30.0. The molecule has 2 aliphatic rings. The molecule has 0 saturated carbocycles. The highest BCUT2D eigenvalue weighted by Gasteiger charge is 2.67. The second-order valence-corrected chi connectivity index (χ2v) is 23.1. The van der Waals surface area contributed by atoms with E-state index in [1.54, 1.807) is 0 Å². The summed E-state index contributed by atoms with van der Waals surface area (Å²) < 4.78 is 50.4. The van der Waals surface area contributed by atoms with Gasteiger partial charge in [-0.25, -0.2) is 4.18 Å². The van der Waals surface area contributed by atoms with Gasteiger partial charge in [0.15, 0.2) is 28.5 Å². The Hall–Kier alpha value is -1.26. The van der Waals surface area contributed by atoms with E-state index in [-0.39, 0.29) is 22.4 Å². The lowest BCUT2D eigenvalue weighted by Crippen LogP contribution is -2.60. The van der Waals surface area contributed by atoms with Gasteiger partial charge in [0.2, 0.25) is 5.91 Å². The molecule has 11 nitrogen and oxygen atoms in total. The fourth-order valence-electron chi connectivity index (χ4n) is 3.42. The predicted molar refractivity (Wildman–Crippen MR) is 138 cm³/mol. The summed E-state index contributed by atoms with van der Waals surface area (Å²) in [5.41, 5.74) is 7.46. The molecule has 200 valence electrons. The van der Waals surface area contributed by atoms with Gasteiger partial charge in [-0.2, -0.15) is 8.42 Å². The molecule has 0 aromatic rings. The van der Waals surface area contributed by atoms with E-state index in [9.17, 15) is 18.7 Å². The third kappa shape index (κ3) is 6.01. The lowest BCUT2D eigenvalue weighted by molar-refractivity contribution is -0.119. The molecule has 2 heterocycles. The van der Waals surface area contributed by atoms with Crippen molar-refractivity contribution < 1.29 is 31.0 Å². The number of rotatable bonds is 7. The molecule has 1 fully saturated rings. The number of hydrogen-bond donors (Lipinski definition) is 1. The van der Waals surface area contributed by atoms with E-state index in [1.807, 2.05) is 33.9 Å². The van der Waals surface area contributed by atoms with Crippen LogP contribution < -0.4 is 5.32 Å². The van der Waals surface area contributed by atoms with Gasteiger partial charge in [0, 0.05) is 11.8 Å². The average molecular weight is 549 g/mol. The smallest absolute Gasteiger partial charge is 0.293 e. The van der Waals surface area contributed by atoms with E-state index in [0.29, 0.717) is 0 Å². The van der Waals surface area contributed by atoms with Gasteiger partial charge in [-0.05, 0) is 41.8 Å². The summed E-state index contributed by atoms with van der Waals surface area (Å²) in [7, 11) is -9.09. The summed E-state index contributed by atoms with van der Waals surface area (Å²) in [6.07, 6.45) is -3.37. The van der Waals surface area contributed by atoms with Crippen LogP contribution in [0.25, 0.3) is 10.4 Å². The third-order valence-corrected chi connectivity index (χ3v) is 17.5. The van der Waals surface area contributed by atoms with Crippen molar-refractivity contribution in [2.24, 2.45) is 5.11 Å². The second kappa shape index (κ2) is 9.56. The molecule has 4 atom stereocenters. The maximum Gasteiger partial charge on any atom is 0.293 e. The lowest BCUT2D eigenvalue weighted by atomic mass is 9.89. The summed E-state index contributed by atoms with van der Waals surface area (Å²) in [5.74, 6) is -0.487.